The number of nitrogens with zero attached hydrogens (tertiary/aromatic N) is 4. The molecule has 0 bridgehead atoms. The molecule has 0 saturated carbocycles. The molecule has 0 heterocycles. The topological polar surface area (TPSA) is 179 Å². The van der Waals surface area contributed by atoms with Crippen LogP contribution in [0.25, 0.3) is 0 Å². The molecule has 62 heavy (non-hydrogen) atoms. The second kappa shape index (κ2) is 23.9. The fourth-order valence-corrected chi connectivity index (χ4v) is 4.24. The van der Waals surface area contributed by atoms with Gasteiger partial charge in [-0.3, -0.25) is 20.0 Å². The Kier molecular flexibility index (Phi) is 20.9. The zero-order valence-electron chi connectivity index (χ0n) is 30.3. The van der Waals surface area contributed by atoms with Crippen molar-refractivity contribution in [2.75, 3.05) is 26.2 Å². The number of benzene rings is 4. The zero-order chi connectivity index (χ0) is 44.7. The number of ether oxygens (including phenoxy) is 4. The van der Waals surface area contributed by atoms with E-state index in [0.717, 1.165) is 49.1 Å². The maximum absolute atomic E-state index is 12.2. The zero-order valence-corrected chi connectivity index (χ0v) is 32.3. The van der Waals surface area contributed by atoms with Crippen molar-refractivity contribution < 1.29 is 125 Å². The summed E-state index contributed by atoms with van der Waals surface area (Å²) < 4.78 is 161. The molecule has 0 aromatic heterocycles. The predicted octanol–water partition coefficient (Wildman–Crippen LogP) is 6.33. The number of alkyl halides is 12. The normalized spacial score (nSPS) is 12.2. The molecule has 0 aliphatic rings. The van der Waals surface area contributed by atoms with Crippen molar-refractivity contribution in [2.45, 2.75) is 25.4 Å². The SMILES string of the molecule is [Ni+2].[Ni+2].[O-]c1c(C=NCCN=Cc2cccc(OC(F)(F)F)c2[O-])cccc1OC(F)(F)F.[O-]c1c(C=NCCN=Cc2cccc(OC(F)(F)F)c2[O-])cccc1OC(F)(F)F. The van der Waals surface area contributed by atoms with E-state index in [9.17, 15) is 73.1 Å². The Hall–Kier alpha value is -5.89. The van der Waals surface area contributed by atoms with Gasteiger partial charge in [0.05, 0.1) is 26.2 Å². The van der Waals surface area contributed by atoms with Crippen LogP contribution < -0.4 is 39.4 Å². The third kappa shape index (κ3) is 19.7. The smallest absolute Gasteiger partial charge is 0.870 e. The van der Waals surface area contributed by atoms with Crippen molar-refractivity contribution in [3.63, 3.8) is 0 Å². The molecule has 0 N–H and O–H groups in total. The molecule has 0 fully saturated rings. The first kappa shape index (κ1) is 54.1. The standard InChI is InChI=1S/2C18H14F6N2O4.2Ni/c2*19-17(20,21)29-13-5-1-3-11(15(13)27)9-25-7-8-26-10-12-4-2-6-14(16(12)28)30-18(22,23)24;;/h2*1-6,9-10,27-28H,7-8H2;;/q;;2*+2/p-4. The second-order valence-corrected chi connectivity index (χ2v) is 11.0. The molecule has 12 nitrogen and oxygen atoms in total. The van der Waals surface area contributed by atoms with Crippen LogP contribution in [0.4, 0.5) is 52.7 Å². The third-order valence-electron chi connectivity index (χ3n) is 6.58. The molecule has 4 aromatic rings. The van der Waals surface area contributed by atoms with Crippen molar-refractivity contribution >= 4 is 24.9 Å². The summed E-state index contributed by atoms with van der Waals surface area (Å²) in [7, 11) is 0. The molecule has 26 heteroatoms. The summed E-state index contributed by atoms with van der Waals surface area (Å²) in [5, 5.41) is 47.4. The van der Waals surface area contributed by atoms with Gasteiger partial charge in [-0.25, -0.2) is 0 Å². The molecule has 0 aliphatic heterocycles. The van der Waals surface area contributed by atoms with Crippen LogP contribution in [0.2, 0.25) is 0 Å². The Bertz CT molecular complexity index is 1860. The van der Waals surface area contributed by atoms with Gasteiger partial charge in [-0.2, -0.15) is 0 Å². The molecule has 0 spiro atoms. The van der Waals surface area contributed by atoms with Crippen LogP contribution in [0, 0.1) is 0 Å². The van der Waals surface area contributed by atoms with Crippen molar-refractivity contribution in [2.24, 2.45) is 20.0 Å². The van der Waals surface area contributed by atoms with E-state index in [1.54, 1.807) is 0 Å². The molecule has 4 aromatic carbocycles. The first-order valence-electron chi connectivity index (χ1n) is 16.1. The Labute approximate surface area is 361 Å². The van der Waals surface area contributed by atoms with Crippen LogP contribution in [-0.4, -0.2) is 76.5 Å². The van der Waals surface area contributed by atoms with Crippen LogP contribution >= 0.6 is 0 Å². The number of hydrogen-bond donors (Lipinski definition) is 0. The van der Waals surface area contributed by atoms with Gasteiger partial charge in [-0.1, -0.05) is 71.5 Å². The summed E-state index contributed by atoms with van der Waals surface area (Å²) in [6.45, 7) is -0.0269. The Morgan fingerprint density at radius 2 is 0.532 bits per heavy atom. The number of hydrogen-bond acceptors (Lipinski definition) is 12. The molecular weight excluding hydrogens is 962 g/mol. The van der Waals surface area contributed by atoms with Gasteiger partial charge >= 0.3 is 58.4 Å². The average molecular weight is 986 g/mol. The van der Waals surface area contributed by atoms with E-state index < -0.39 is 71.4 Å². The van der Waals surface area contributed by atoms with E-state index in [2.05, 4.69) is 38.9 Å². The summed E-state index contributed by atoms with van der Waals surface area (Å²) in [5.74, 6) is -7.58. The fraction of sp³-hybridized carbons (Fsp3) is 0.222. The monoisotopic (exact) mass is 984 g/mol. The van der Waals surface area contributed by atoms with E-state index in [-0.39, 0.29) is 81.4 Å². The summed E-state index contributed by atoms with van der Waals surface area (Å²) in [4.78, 5) is 15.3. The fourth-order valence-electron chi connectivity index (χ4n) is 4.24. The number of aliphatic imine (C=N–C) groups is 4. The van der Waals surface area contributed by atoms with Gasteiger partial charge in [-0.05, 0) is 46.5 Å². The Morgan fingerprint density at radius 3 is 0.694 bits per heavy atom. The van der Waals surface area contributed by atoms with Crippen molar-refractivity contribution in [3.05, 3.63) is 95.1 Å². The number of halogens is 12. The minimum atomic E-state index is -5.01. The molecule has 4 rings (SSSR count). The first-order valence-corrected chi connectivity index (χ1v) is 16.1. The van der Waals surface area contributed by atoms with Gasteiger partial charge < -0.3 is 39.4 Å². The predicted molar refractivity (Wildman–Crippen MR) is 180 cm³/mol. The van der Waals surface area contributed by atoms with E-state index in [0.29, 0.717) is 0 Å². The van der Waals surface area contributed by atoms with Gasteiger partial charge in [0.2, 0.25) is 0 Å². The van der Waals surface area contributed by atoms with E-state index in [1.165, 1.54) is 48.5 Å². The molecular formula is C36H24F12N4Ni2O8. The molecule has 0 amide bonds. The summed E-state index contributed by atoms with van der Waals surface area (Å²) in [6, 6.07) is 13.2. The first-order chi connectivity index (χ1) is 27.9. The summed E-state index contributed by atoms with van der Waals surface area (Å²) >= 11 is 0. The van der Waals surface area contributed by atoms with Crippen molar-refractivity contribution in [3.8, 4) is 46.0 Å². The number of rotatable bonds is 14. The minimum absolute atomic E-state index is 0. The van der Waals surface area contributed by atoms with E-state index >= 15 is 0 Å². The maximum atomic E-state index is 12.2. The van der Waals surface area contributed by atoms with Crippen molar-refractivity contribution in [1.29, 1.82) is 0 Å². The van der Waals surface area contributed by atoms with E-state index in [1.807, 2.05) is 0 Å². The van der Waals surface area contributed by atoms with Gasteiger partial charge in [0, 0.05) is 24.9 Å². The Morgan fingerprint density at radius 1 is 0.355 bits per heavy atom. The largest absolute Gasteiger partial charge is 2.00 e. The van der Waals surface area contributed by atoms with Crippen molar-refractivity contribution in [1.82, 2.24) is 0 Å². The summed E-state index contributed by atoms with van der Waals surface area (Å²) in [6.07, 6.45) is -15.9. The molecule has 0 atom stereocenters. The third-order valence-corrected chi connectivity index (χ3v) is 6.58. The van der Waals surface area contributed by atoms with Gasteiger partial charge in [-0.15, -0.1) is 52.7 Å². The van der Waals surface area contributed by atoms with Crippen LogP contribution in [0.5, 0.6) is 46.0 Å². The van der Waals surface area contributed by atoms with E-state index in [4.69, 9.17) is 0 Å². The number of para-hydroxylation sites is 4. The van der Waals surface area contributed by atoms with Gasteiger partial charge in [0.1, 0.15) is 23.0 Å². The Balaban J connectivity index is 0.000000601. The van der Waals surface area contributed by atoms with Gasteiger partial charge in [0.15, 0.2) is 0 Å². The molecule has 0 radical (unpaired) electrons. The molecule has 0 aliphatic carbocycles. The molecule has 0 saturated heterocycles. The minimum Gasteiger partial charge on any atom is -0.870 e. The molecule has 0 unspecified atom stereocenters. The second-order valence-electron chi connectivity index (χ2n) is 11.0. The summed E-state index contributed by atoms with van der Waals surface area (Å²) in [5.41, 5.74) is -0.557. The van der Waals surface area contributed by atoms with Gasteiger partial charge in [0.25, 0.3) is 0 Å². The van der Waals surface area contributed by atoms with Crippen LogP contribution in [0.3, 0.4) is 0 Å². The quantitative estimate of drug-likeness (QED) is 0.0609. The average Bonchev–Trinajstić information content (AvgIpc) is 3.11. The van der Waals surface area contributed by atoms with Crippen LogP contribution in [0.1, 0.15) is 22.3 Å². The maximum Gasteiger partial charge on any atom is 2.00 e. The van der Waals surface area contributed by atoms with Crippen LogP contribution in [0.15, 0.2) is 92.8 Å². The molecule has 340 valence electrons. The van der Waals surface area contributed by atoms with Crippen LogP contribution in [-0.2, 0) is 33.0 Å².